The van der Waals surface area contributed by atoms with Crippen molar-refractivity contribution in [2.75, 3.05) is 20.1 Å². The SMILES string of the molecule is CC[C@H](C)[C@@H](CN(C)S(=O)(=O)c1ccccc1)NC(=O)N[C@H](C(=O)N1C[C@@H]2CC(C)(C)[C@@H]2[C@H]1C(=O)NC(CC1CC1)C(=O)C(N)=O)C(C)(C)C. The summed E-state index contributed by atoms with van der Waals surface area (Å²) in [6.07, 6.45) is 3.59. The highest BCUT2D eigenvalue weighted by atomic mass is 32.2. The van der Waals surface area contributed by atoms with Crippen molar-refractivity contribution >= 4 is 39.6 Å². The number of fused-ring (bicyclic) bond motifs is 1. The van der Waals surface area contributed by atoms with Crippen LogP contribution in [0.4, 0.5) is 4.79 Å². The lowest BCUT2D eigenvalue weighted by Gasteiger charge is -2.49. The number of likely N-dealkylation sites (N-methyl/N-ethyl adjacent to an activating group) is 1. The summed E-state index contributed by atoms with van der Waals surface area (Å²) >= 11 is 0. The molecule has 1 aliphatic heterocycles. The van der Waals surface area contributed by atoms with Crippen molar-refractivity contribution < 1.29 is 32.4 Å². The third kappa shape index (κ3) is 8.67. The molecule has 5 amide bonds. The van der Waals surface area contributed by atoms with Crippen LogP contribution in [0.2, 0.25) is 0 Å². The number of likely N-dealkylation sites (tertiary alicyclic amines) is 1. The number of urea groups is 1. The fraction of sp³-hybridized carbons (Fsp3) is 0.694. The van der Waals surface area contributed by atoms with E-state index in [1.807, 2.05) is 34.6 Å². The Hall–Kier alpha value is -3.52. The molecule has 5 N–H and O–H groups in total. The molecule has 1 saturated heterocycles. The highest BCUT2D eigenvalue weighted by Gasteiger charge is 2.61. The van der Waals surface area contributed by atoms with Gasteiger partial charge in [0.2, 0.25) is 27.6 Å². The molecule has 1 heterocycles. The van der Waals surface area contributed by atoms with Gasteiger partial charge in [-0.3, -0.25) is 19.2 Å². The van der Waals surface area contributed by atoms with Crippen molar-refractivity contribution in [1.29, 1.82) is 0 Å². The summed E-state index contributed by atoms with van der Waals surface area (Å²) in [6, 6.07) is 3.86. The van der Waals surface area contributed by atoms with Crippen molar-refractivity contribution in [2.45, 2.75) is 110 Å². The largest absolute Gasteiger partial charge is 0.363 e. The number of benzene rings is 1. The minimum atomic E-state index is -3.82. The lowest BCUT2D eigenvalue weighted by Crippen LogP contribution is -2.62. The van der Waals surface area contributed by atoms with Gasteiger partial charge in [-0.25, -0.2) is 13.2 Å². The maximum Gasteiger partial charge on any atom is 0.315 e. The molecule has 1 unspecified atom stereocenters. The smallest absolute Gasteiger partial charge is 0.315 e. The molecule has 2 aliphatic carbocycles. The molecule has 3 fully saturated rings. The van der Waals surface area contributed by atoms with E-state index < -0.39 is 69.1 Å². The average Bonchev–Trinajstić information content (AvgIpc) is 3.79. The predicted octanol–water partition coefficient (Wildman–Crippen LogP) is 2.65. The molecular weight excluding hydrogens is 660 g/mol. The van der Waals surface area contributed by atoms with Crippen LogP contribution in [0.5, 0.6) is 0 Å². The maximum atomic E-state index is 14.5. The standard InChI is InChI=1S/C36H56N6O7S/c1-9-21(2)26(20-41(8)50(48,49)24-13-11-10-12-14-24)39-34(47)40-30(35(3,4)5)33(46)42-19-23-18-36(6,7)27(23)28(42)32(45)38-25(17-22-15-16-22)29(43)31(37)44/h10-14,21-23,25-28,30H,9,15-20H2,1-8H3,(H2,37,44)(H,38,45)(H2,39,40,47)/t21-,23-,25?,26+,27-,28-,30+/m0/s1. The van der Waals surface area contributed by atoms with Crippen LogP contribution >= 0.6 is 0 Å². The van der Waals surface area contributed by atoms with Crippen LogP contribution in [0.25, 0.3) is 0 Å². The Bertz CT molecular complexity index is 1560. The number of amides is 5. The van der Waals surface area contributed by atoms with E-state index in [4.69, 9.17) is 5.73 Å². The van der Waals surface area contributed by atoms with Gasteiger partial charge in [0.25, 0.3) is 5.91 Å². The second kappa shape index (κ2) is 15.0. The fourth-order valence-corrected chi connectivity index (χ4v) is 8.89. The predicted molar refractivity (Wildman–Crippen MR) is 189 cm³/mol. The van der Waals surface area contributed by atoms with E-state index in [1.165, 1.54) is 28.4 Å². The number of Topliss-reactive ketones (excluding diaryl/α,β-unsaturated/α-hetero) is 1. The maximum absolute atomic E-state index is 14.5. The van der Waals surface area contributed by atoms with Gasteiger partial charge < -0.3 is 26.6 Å². The van der Waals surface area contributed by atoms with Gasteiger partial charge >= 0.3 is 6.03 Å². The summed E-state index contributed by atoms with van der Waals surface area (Å²) in [5.74, 6) is -2.89. The number of hydrogen-bond acceptors (Lipinski definition) is 7. The van der Waals surface area contributed by atoms with Gasteiger partial charge in [-0.15, -0.1) is 0 Å². The van der Waals surface area contributed by atoms with E-state index in [9.17, 15) is 32.4 Å². The Morgan fingerprint density at radius 3 is 2.18 bits per heavy atom. The highest BCUT2D eigenvalue weighted by molar-refractivity contribution is 7.89. The van der Waals surface area contributed by atoms with Crippen LogP contribution in [0, 0.1) is 34.5 Å². The molecule has 3 aliphatic rings. The summed E-state index contributed by atoms with van der Waals surface area (Å²) in [7, 11) is -2.35. The van der Waals surface area contributed by atoms with Crippen molar-refractivity contribution in [3.8, 4) is 0 Å². The van der Waals surface area contributed by atoms with Crippen LogP contribution in [-0.4, -0.2) is 91.5 Å². The van der Waals surface area contributed by atoms with Gasteiger partial charge in [0.05, 0.1) is 10.9 Å². The zero-order chi connectivity index (χ0) is 37.3. The Labute approximate surface area is 296 Å². The number of carbonyl (C=O) groups excluding carboxylic acids is 5. The van der Waals surface area contributed by atoms with Crippen LogP contribution in [0.1, 0.15) is 80.6 Å². The first-order valence-electron chi connectivity index (χ1n) is 17.7. The second-order valence-corrected chi connectivity index (χ2v) is 18.4. The van der Waals surface area contributed by atoms with E-state index >= 15 is 0 Å². The second-order valence-electron chi connectivity index (χ2n) is 16.4. The van der Waals surface area contributed by atoms with Crippen LogP contribution in [0.3, 0.4) is 0 Å². The molecular formula is C36H56N6O7S. The van der Waals surface area contributed by atoms with Crippen molar-refractivity contribution in [3.63, 3.8) is 0 Å². The van der Waals surface area contributed by atoms with E-state index in [1.54, 1.807) is 18.2 Å². The molecule has 1 aromatic carbocycles. The van der Waals surface area contributed by atoms with E-state index in [-0.39, 0.29) is 40.5 Å². The number of carbonyl (C=O) groups is 5. The third-order valence-electron chi connectivity index (χ3n) is 10.9. The molecule has 14 heteroatoms. The van der Waals surface area contributed by atoms with Gasteiger partial charge in [-0.05, 0) is 59.5 Å². The fourth-order valence-electron chi connectivity index (χ4n) is 7.67. The number of nitrogens with one attached hydrogen (secondary N) is 3. The lowest BCUT2D eigenvalue weighted by molar-refractivity contribution is -0.145. The highest BCUT2D eigenvalue weighted by Crippen LogP contribution is 2.57. The van der Waals surface area contributed by atoms with Gasteiger partial charge in [-0.1, -0.05) is 85.9 Å². The Morgan fingerprint density at radius 1 is 1.04 bits per heavy atom. The molecule has 4 rings (SSSR count). The summed E-state index contributed by atoms with van der Waals surface area (Å²) in [4.78, 5) is 68.5. The minimum absolute atomic E-state index is 0.00659. The molecule has 278 valence electrons. The monoisotopic (exact) mass is 716 g/mol. The number of sulfonamides is 1. The Kier molecular flexibility index (Phi) is 11.8. The van der Waals surface area contributed by atoms with E-state index in [0.29, 0.717) is 19.4 Å². The van der Waals surface area contributed by atoms with Gasteiger partial charge in [0.15, 0.2) is 0 Å². The van der Waals surface area contributed by atoms with Gasteiger partial charge in [0, 0.05) is 26.2 Å². The van der Waals surface area contributed by atoms with Crippen LogP contribution < -0.4 is 21.7 Å². The first-order chi connectivity index (χ1) is 23.2. The average molecular weight is 717 g/mol. The van der Waals surface area contributed by atoms with Crippen molar-refractivity contribution in [3.05, 3.63) is 30.3 Å². The number of ketones is 1. The molecule has 2 saturated carbocycles. The summed E-state index contributed by atoms with van der Waals surface area (Å²) in [5, 5.41) is 8.59. The van der Waals surface area contributed by atoms with Crippen molar-refractivity contribution in [2.24, 2.45) is 40.2 Å². The summed E-state index contributed by atoms with van der Waals surface area (Å²) in [5.41, 5.74) is 4.30. The number of nitrogens with two attached hydrogens (primary N) is 1. The lowest BCUT2D eigenvalue weighted by atomic mass is 9.55. The quantitative estimate of drug-likeness (QED) is 0.201. The van der Waals surface area contributed by atoms with E-state index in [2.05, 4.69) is 29.8 Å². The first kappa shape index (κ1) is 39.3. The summed E-state index contributed by atoms with van der Waals surface area (Å²) < 4.78 is 27.7. The number of rotatable bonds is 15. The van der Waals surface area contributed by atoms with Crippen LogP contribution in [0.15, 0.2) is 35.2 Å². The molecule has 0 radical (unpaired) electrons. The summed E-state index contributed by atoms with van der Waals surface area (Å²) in [6.45, 7) is 13.8. The molecule has 0 aromatic heterocycles. The first-order valence-corrected chi connectivity index (χ1v) is 19.2. The Morgan fingerprint density at radius 2 is 1.66 bits per heavy atom. The molecule has 50 heavy (non-hydrogen) atoms. The van der Waals surface area contributed by atoms with Gasteiger partial charge in [-0.2, -0.15) is 4.31 Å². The molecule has 0 bridgehead atoms. The normalized spacial score (nSPS) is 23.9. The number of hydrogen-bond donors (Lipinski definition) is 4. The minimum Gasteiger partial charge on any atom is -0.363 e. The number of primary amides is 1. The Balaban J connectivity index is 1.54. The topological polar surface area (TPSA) is 188 Å². The van der Waals surface area contributed by atoms with Crippen molar-refractivity contribution in [1.82, 2.24) is 25.2 Å². The third-order valence-corrected chi connectivity index (χ3v) is 12.8. The zero-order valence-electron chi connectivity index (χ0n) is 30.7. The molecule has 7 atom stereocenters. The van der Waals surface area contributed by atoms with Crippen LogP contribution in [-0.2, 0) is 29.2 Å². The molecule has 13 nitrogen and oxygen atoms in total. The van der Waals surface area contributed by atoms with E-state index in [0.717, 1.165) is 19.3 Å². The molecule has 1 aromatic rings. The zero-order valence-corrected chi connectivity index (χ0v) is 31.5. The number of nitrogens with zero attached hydrogens (tertiary/aromatic N) is 2. The molecule has 0 spiro atoms. The van der Waals surface area contributed by atoms with Gasteiger partial charge in [0.1, 0.15) is 12.1 Å².